The van der Waals surface area contributed by atoms with Crippen molar-refractivity contribution in [3.63, 3.8) is 0 Å². The van der Waals surface area contributed by atoms with Gasteiger partial charge in [0.05, 0.1) is 6.04 Å². The fourth-order valence-electron chi connectivity index (χ4n) is 3.55. The zero-order valence-corrected chi connectivity index (χ0v) is 22.0. The van der Waals surface area contributed by atoms with Gasteiger partial charge in [-0.3, -0.25) is 4.79 Å². The second-order valence-corrected chi connectivity index (χ2v) is 9.60. The van der Waals surface area contributed by atoms with Crippen molar-refractivity contribution in [3.8, 4) is 0 Å². The number of hydrogen-bond donors (Lipinski definition) is 6. The maximum atomic E-state index is 12.1. The Kier molecular flexibility index (Phi) is 23.4. The third-order valence-corrected chi connectivity index (χ3v) is 5.83. The zero-order valence-electron chi connectivity index (χ0n) is 22.0. The van der Waals surface area contributed by atoms with E-state index in [1.54, 1.807) is 0 Å². The smallest absolute Gasteiger partial charge is 0.236 e. The van der Waals surface area contributed by atoms with Crippen molar-refractivity contribution in [2.24, 2.45) is 17.4 Å². The summed E-state index contributed by atoms with van der Waals surface area (Å²) in [6.07, 6.45) is 13.1. The molecule has 7 heteroatoms. The summed E-state index contributed by atoms with van der Waals surface area (Å²) in [6, 6.07) is -0.389. The van der Waals surface area contributed by atoms with Crippen LogP contribution >= 0.6 is 0 Å². The maximum Gasteiger partial charge on any atom is 0.236 e. The molecule has 2 atom stereocenters. The molecule has 7 nitrogen and oxygen atoms in total. The van der Waals surface area contributed by atoms with E-state index in [1.165, 1.54) is 31.3 Å². The van der Waals surface area contributed by atoms with Crippen LogP contribution in [0, 0.1) is 5.92 Å². The minimum atomic E-state index is -0.389. The van der Waals surface area contributed by atoms with E-state index in [0.717, 1.165) is 90.3 Å². The highest BCUT2D eigenvalue weighted by Gasteiger charge is 2.11. The van der Waals surface area contributed by atoms with Crippen LogP contribution in [0.1, 0.15) is 85.0 Å². The molecule has 0 spiro atoms. The van der Waals surface area contributed by atoms with E-state index in [2.05, 4.69) is 48.1 Å². The first-order chi connectivity index (χ1) is 16.0. The van der Waals surface area contributed by atoms with E-state index < -0.39 is 0 Å². The van der Waals surface area contributed by atoms with Crippen LogP contribution in [0.25, 0.3) is 0 Å². The Hall–Kier alpha value is -0.990. The van der Waals surface area contributed by atoms with Gasteiger partial charge in [-0.15, -0.1) is 0 Å². The standard InChI is InChI=1S/C26H56N6O/c1-23(2)11-8-12-24(3)14-22-31-16-5-4-13-25(28)26(33)32-21-10-20-30-18-7-6-17-29-19-9-15-27/h11,24-25,29-31H,4-10,12-22,27-28H2,1-3H3,(H,32,33). The molecule has 0 aromatic carbocycles. The number of nitrogens with two attached hydrogens (primary N) is 2. The van der Waals surface area contributed by atoms with Crippen LogP contribution in [-0.2, 0) is 4.79 Å². The van der Waals surface area contributed by atoms with Crippen molar-refractivity contribution >= 4 is 5.91 Å². The highest BCUT2D eigenvalue weighted by Crippen LogP contribution is 2.11. The lowest BCUT2D eigenvalue weighted by molar-refractivity contribution is -0.122. The summed E-state index contributed by atoms with van der Waals surface area (Å²) < 4.78 is 0. The van der Waals surface area contributed by atoms with Gasteiger partial charge in [0.1, 0.15) is 0 Å². The SMILES string of the molecule is CC(C)=CCCC(C)CCNCCCCC(N)C(=O)NCCCNCCCCNCCCN. The summed E-state index contributed by atoms with van der Waals surface area (Å²) in [6.45, 7) is 14.2. The predicted molar refractivity (Wildman–Crippen MR) is 143 cm³/mol. The van der Waals surface area contributed by atoms with Crippen molar-refractivity contribution in [2.45, 2.75) is 91.0 Å². The van der Waals surface area contributed by atoms with E-state index in [1.807, 2.05) is 0 Å². The summed E-state index contributed by atoms with van der Waals surface area (Å²) in [5, 5.41) is 13.3. The molecule has 196 valence electrons. The third kappa shape index (κ3) is 24.0. The van der Waals surface area contributed by atoms with Gasteiger partial charge in [0.25, 0.3) is 0 Å². The number of hydrogen-bond acceptors (Lipinski definition) is 6. The molecular formula is C26H56N6O. The number of allylic oxidation sites excluding steroid dienone is 2. The van der Waals surface area contributed by atoms with Gasteiger partial charge in [0, 0.05) is 6.54 Å². The van der Waals surface area contributed by atoms with Crippen molar-refractivity contribution in [3.05, 3.63) is 11.6 Å². The Morgan fingerprint density at radius 2 is 1.33 bits per heavy atom. The second-order valence-electron chi connectivity index (χ2n) is 9.60. The van der Waals surface area contributed by atoms with Crippen LogP contribution < -0.4 is 32.7 Å². The first-order valence-corrected chi connectivity index (χ1v) is 13.5. The van der Waals surface area contributed by atoms with Crippen LogP contribution in [0.3, 0.4) is 0 Å². The number of nitrogens with one attached hydrogen (secondary N) is 4. The van der Waals surface area contributed by atoms with E-state index in [4.69, 9.17) is 11.5 Å². The van der Waals surface area contributed by atoms with Crippen molar-refractivity contribution < 1.29 is 4.79 Å². The van der Waals surface area contributed by atoms with Gasteiger partial charge < -0.3 is 32.7 Å². The van der Waals surface area contributed by atoms with Gasteiger partial charge in [-0.2, -0.15) is 0 Å². The molecule has 2 unspecified atom stereocenters. The Morgan fingerprint density at radius 3 is 1.97 bits per heavy atom. The van der Waals surface area contributed by atoms with Crippen LogP contribution in [0.15, 0.2) is 11.6 Å². The largest absolute Gasteiger partial charge is 0.355 e. The summed E-state index contributed by atoms with van der Waals surface area (Å²) in [5.74, 6) is 0.742. The van der Waals surface area contributed by atoms with E-state index in [-0.39, 0.29) is 11.9 Å². The molecule has 8 N–H and O–H groups in total. The molecular weight excluding hydrogens is 412 g/mol. The molecule has 0 aliphatic rings. The first-order valence-electron chi connectivity index (χ1n) is 13.5. The fraction of sp³-hybridized carbons (Fsp3) is 0.885. The quantitative estimate of drug-likeness (QED) is 0.0958. The minimum Gasteiger partial charge on any atom is -0.355 e. The minimum absolute atomic E-state index is 0.0169. The van der Waals surface area contributed by atoms with E-state index in [0.29, 0.717) is 6.54 Å². The van der Waals surface area contributed by atoms with Gasteiger partial charge in [-0.1, -0.05) is 25.0 Å². The Labute approximate surface area is 204 Å². The second kappa shape index (κ2) is 24.1. The summed E-state index contributed by atoms with van der Waals surface area (Å²) in [7, 11) is 0. The summed E-state index contributed by atoms with van der Waals surface area (Å²) >= 11 is 0. The van der Waals surface area contributed by atoms with Gasteiger partial charge in [0.2, 0.25) is 5.91 Å². The number of unbranched alkanes of at least 4 members (excludes halogenated alkanes) is 2. The molecule has 0 rings (SSSR count). The van der Waals surface area contributed by atoms with Crippen molar-refractivity contribution in [1.29, 1.82) is 0 Å². The molecule has 0 bridgehead atoms. The molecule has 0 saturated heterocycles. The molecule has 0 aliphatic carbocycles. The molecule has 0 heterocycles. The van der Waals surface area contributed by atoms with Gasteiger partial charge in [0.15, 0.2) is 0 Å². The van der Waals surface area contributed by atoms with Crippen LogP contribution in [0.5, 0.6) is 0 Å². The lowest BCUT2D eigenvalue weighted by Crippen LogP contribution is -2.41. The Morgan fingerprint density at radius 1 is 0.758 bits per heavy atom. The first kappa shape index (κ1) is 32.0. The molecule has 33 heavy (non-hydrogen) atoms. The summed E-state index contributed by atoms with van der Waals surface area (Å²) in [5.41, 5.74) is 12.9. The lowest BCUT2D eigenvalue weighted by Gasteiger charge is -2.13. The molecule has 1 amide bonds. The number of carbonyl (C=O) groups excluding carboxylic acids is 1. The molecule has 0 fully saturated rings. The number of rotatable bonds is 24. The molecule has 0 aromatic rings. The lowest BCUT2D eigenvalue weighted by atomic mass is 10.0. The summed E-state index contributed by atoms with van der Waals surface area (Å²) in [4.78, 5) is 12.1. The highest BCUT2D eigenvalue weighted by molar-refractivity contribution is 5.81. The van der Waals surface area contributed by atoms with Crippen LogP contribution in [0.4, 0.5) is 0 Å². The van der Waals surface area contributed by atoms with Crippen molar-refractivity contribution in [2.75, 3.05) is 52.4 Å². The fourth-order valence-corrected chi connectivity index (χ4v) is 3.55. The van der Waals surface area contributed by atoms with Gasteiger partial charge in [-0.25, -0.2) is 0 Å². The molecule has 0 aliphatic heterocycles. The predicted octanol–water partition coefficient (Wildman–Crippen LogP) is 2.66. The van der Waals surface area contributed by atoms with Crippen LogP contribution in [0.2, 0.25) is 0 Å². The highest BCUT2D eigenvalue weighted by atomic mass is 16.2. The maximum absolute atomic E-state index is 12.1. The van der Waals surface area contributed by atoms with Crippen molar-refractivity contribution in [1.82, 2.24) is 21.3 Å². The number of carbonyl (C=O) groups is 1. The average molecular weight is 469 g/mol. The Balaban J connectivity index is 3.42. The number of amides is 1. The monoisotopic (exact) mass is 468 g/mol. The van der Waals surface area contributed by atoms with Gasteiger partial charge >= 0.3 is 0 Å². The molecule has 0 radical (unpaired) electrons. The topological polar surface area (TPSA) is 117 Å². The van der Waals surface area contributed by atoms with E-state index >= 15 is 0 Å². The molecule has 0 aromatic heterocycles. The zero-order chi connectivity index (χ0) is 24.6. The average Bonchev–Trinajstić information content (AvgIpc) is 2.78. The van der Waals surface area contributed by atoms with Crippen LogP contribution in [-0.4, -0.2) is 64.3 Å². The van der Waals surface area contributed by atoms with Gasteiger partial charge in [-0.05, 0) is 123 Å². The van der Waals surface area contributed by atoms with E-state index in [9.17, 15) is 4.79 Å². The molecule has 0 saturated carbocycles. The third-order valence-electron chi connectivity index (χ3n) is 5.83. The normalized spacial score (nSPS) is 13.0. The Bertz CT molecular complexity index is 468.